The van der Waals surface area contributed by atoms with Gasteiger partial charge in [0, 0.05) is 21.0 Å². The van der Waals surface area contributed by atoms with Crippen LogP contribution in [0.25, 0.3) is 21.3 Å². The third-order valence-corrected chi connectivity index (χ3v) is 6.69. The fourth-order valence-corrected chi connectivity index (χ4v) is 5.08. The number of aromatic nitrogens is 2. The number of benzene rings is 1. The van der Waals surface area contributed by atoms with E-state index in [0.29, 0.717) is 10.2 Å². The molecule has 0 saturated carbocycles. The molecule has 0 unspecified atom stereocenters. The van der Waals surface area contributed by atoms with Crippen LogP contribution in [0.2, 0.25) is 0 Å². The van der Waals surface area contributed by atoms with Crippen molar-refractivity contribution in [2.24, 2.45) is 0 Å². The van der Waals surface area contributed by atoms with Gasteiger partial charge < -0.3 is 4.90 Å². The normalized spacial score (nSPS) is 16.4. The molecule has 0 spiro atoms. The minimum Gasteiger partial charge on any atom is -0.306 e. The minimum absolute atomic E-state index is 0.0372. The van der Waals surface area contributed by atoms with Gasteiger partial charge in [-0.25, -0.2) is 4.79 Å². The van der Waals surface area contributed by atoms with Crippen molar-refractivity contribution in [2.75, 3.05) is 20.1 Å². The van der Waals surface area contributed by atoms with E-state index in [9.17, 15) is 9.59 Å². The van der Waals surface area contributed by atoms with Crippen LogP contribution in [0.15, 0.2) is 38.3 Å². The van der Waals surface area contributed by atoms with Gasteiger partial charge in [0.1, 0.15) is 4.83 Å². The van der Waals surface area contributed by atoms with E-state index in [2.05, 4.69) is 32.9 Å². The number of hydrogen-bond donors (Lipinski definition) is 1. The molecular formula is C19H20BrN3O2S. The summed E-state index contributed by atoms with van der Waals surface area (Å²) in [4.78, 5) is 32.9. The highest BCUT2D eigenvalue weighted by Gasteiger charge is 2.24. The lowest BCUT2D eigenvalue weighted by molar-refractivity contribution is 0.216. The van der Waals surface area contributed by atoms with Crippen molar-refractivity contribution in [1.82, 2.24) is 14.5 Å². The zero-order valence-corrected chi connectivity index (χ0v) is 17.1. The van der Waals surface area contributed by atoms with Crippen molar-refractivity contribution in [2.45, 2.75) is 25.8 Å². The number of nitrogens with zero attached hydrogens (tertiary/aromatic N) is 2. The van der Waals surface area contributed by atoms with E-state index in [4.69, 9.17) is 0 Å². The van der Waals surface area contributed by atoms with Crippen LogP contribution in [0.1, 0.15) is 23.8 Å². The predicted molar refractivity (Wildman–Crippen MR) is 110 cm³/mol. The number of rotatable bonds is 2. The molecule has 26 heavy (non-hydrogen) atoms. The summed E-state index contributed by atoms with van der Waals surface area (Å²) in [6.07, 6.45) is 1.64. The molecule has 0 radical (unpaired) electrons. The number of aryl methyl sites for hydroxylation is 1. The van der Waals surface area contributed by atoms with Gasteiger partial charge in [-0.3, -0.25) is 14.3 Å². The number of fused-ring (bicyclic) bond motifs is 1. The summed E-state index contributed by atoms with van der Waals surface area (Å²) in [5.41, 5.74) is 1.47. The third kappa shape index (κ3) is 2.98. The van der Waals surface area contributed by atoms with Crippen LogP contribution in [0.4, 0.5) is 0 Å². The van der Waals surface area contributed by atoms with Crippen LogP contribution in [0.5, 0.6) is 0 Å². The van der Waals surface area contributed by atoms with E-state index in [0.717, 1.165) is 46.4 Å². The number of hydrogen-bond acceptors (Lipinski definition) is 4. The molecule has 0 amide bonds. The molecule has 1 aromatic carbocycles. The molecule has 1 aliphatic heterocycles. The first kappa shape index (κ1) is 17.7. The van der Waals surface area contributed by atoms with Gasteiger partial charge in [0.05, 0.1) is 5.39 Å². The van der Waals surface area contributed by atoms with Crippen LogP contribution < -0.4 is 11.2 Å². The van der Waals surface area contributed by atoms with Crippen molar-refractivity contribution in [1.29, 1.82) is 0 Å². The Bertz CT molecular complexity index is 1070. The number of nitrogens with one attached hydrogen (secondary N) is 1. The van der Waals surface area contributed by atoms with Crippen LogP contribution in [-0.4, -0.2) is 34.6 Å². The fourth-order valence-electron chi connectivity index (χ4n) is 3.76. The molecule has 3 aromatic rings. The van der Waals surface area contributed by atoms with Crippen molar-refractivity contribution < 1.29 is 0 Å². The fraction of sp³-hybridized carbons (Fsp3) is 0.368. The summed E-state index contributed by atoms with van der Waals surface area (Å²) in [7, 11) is 2.07. The maximum absolute atomic E-state index is 13.3. The van der Waals surface area contributed by atoms with E-state index >= 15 is 0 Å². The summed E-state index contributed by atoms with van der Waals surface area (Å²) < 4.78 is 2.44. The van der Waals surface area contributed by atoms with Crippen molar-refractivity contribution in [3.8, 4) is 11.1 Å². The number of halogens is 1. The van der Waals surface area contributed by atoms with Crippen molar-refractivity contribution in [3.63, 3.8) is 0 Å². The molecule has 0 aliphatic carbocycles. The topological polar surface area (TPSA) is 58.1 Å². The monoisotopic (exact) mass is 433 g/mol. The van der Waals surface area contributed by atoms with E-state index in [1.807, 2.05) is 31.2 Å². The molecular weight excluding hydrogens is 414 g/mol. The molecule has 7 heteroatoms. The van der Waals surface area contributed by atoms with E-state index in [1.54, 1.807) is 0 Å². The molecule has 1 aliphatic rings. The maximum atomic E-state index is 13.3. The van der Waals surface area contributed by atoms with Gasteiger partial charge in [-0.15, -0.1) is 11.3 Å². The lowest BCUT2D eigenvalue weighted by atomic mass is 10.0. The number of H-pyrrole nitrogens is 1. The van der Waals surface area contributed by atoms with Crippen LogP contribution in [0, 0.1) is 6.92 Å². The average molecular weight is 434 g/mol. The largest absolute Gasteiger partial charge is 0.329 e. The maximum Gasteiger partial charge on any atom is 0.329 e. The Morgan fingerprint density at radius 3 is 2.46 bits per heavy atom. The quantitative estimate of drug-likeness (QED) is 0.669. The van der Waals surface area contributed by atoms with Crippen LogP contribution >= 0.6 is 27.3 Å². The molecule has 0 atom stereocenters. The van der Waals surface area contributed by atoms with E-state index < -0.39 is 0 Å². The highest BCUT2D eigenvalue weighted by atomic mass is 79.9. The molecule has 4 rings (SSSR count). The van der Waals surface area contributed by atoms with Crippen LogP contribution in [0.3, 0.4) is 0 Å². The Hall–Kier alpha value is -1.70. The minimum atomic E-state index is -0.291. The molecule has 5 nitrogen and oxygen atoms in total. The SMILES string of the molecule is Cc1sc2[nH]c(=O)n(C3CCN(C)CC3)c(=O)c2c1-c1ccc(Br)cc1. The number of piperidine rings is 1. The Morgan fingerprint density at radius 1 is 1.15 bits per heavy atom. The zero-order valence-electron chi connectivity index (χ0n) is 14.7. The molecule has 3 heterocycles. The van der Waals surface area contributed by atoms with Crippen molar-refractivity contribution in [3.05, 3.63) is 54.5 Å². The Balaban J connectivity index is 1.93. The van der Waals surface area contributed by atoms with Crippen molar-refractivity contribution >= 4 is 37.5 Å². The van der Waals surface area contributed by atoms with Gasteiger partial charge in [-0.1, -0.05) is 28.1 Å². The van der Waals surface area contributed by atoms with Gasteiger partial charge in [-0.05, 0) is 57.6 Å². The Kier molecular flexibility index (Phi) is 4.62. The second kappa shape index (κ2) is 6.79. The zero-order chi connectivity index (χ0) is 18.4. The van der Waals surface area contributed by atoms with E-state index in [1.165, 1.54) is 15.9 Å². The predicted octanol–water partition coefficient (Wildman–Crippen LogP) is 3.76. The number of aromatic amines is 1. The molecule has 1 fully saturated rings. The standard InChI is InChI=1S/C19H20BrN3O2S/c1-11-15(12-3-5-13(20)6-4-12)16-17(26-11)21-19(25)23(18(16)24)14-7-9-22(2)10-8-14/h3-6,14H,7-10H2,1-2H3,(H,21,25). The molecule has 0 bridgehead atoms. The number of likely N-dealkylation sites (tertiary alicyclic amines) is 1. The van der Waals surface area contributed by atoms with Crippen LogP contribution in [-0.2, 0) is 0 Å². The Morgan fingerprint density at radius 2 is 1.81 bits per heavy atom. The molecule has 1 N–H and O–H groups in total. The first-order valence-electron chi connectivity index (χ1n) is 8.68. The van der Waals surface area contributed by atoms with Gasteiger partial charge in [0.25, 0.3) is 5.56 Å². The second-order valence-corrected chi connectivity index (χ2v) is 9.02. The lowest BCUT2D eigenvalue weighted by Gasteiger charge is -2.29. The van der Waals surface area contributed by atoms with Gasteiger partial charge in [-0.2, -0.15) is 0 Å². The number of thiophene rings is 1. The summed E-state index contributed by atoms with van der Waals surface area (Å²) in [5.74, 6) is 0. The van der Waals surface area contributed by atoms with Gasteiger partial charge in [0.2, 0.25) is 0 Å². The summed E-state index contributed by atoms with van der Waals surface area (Å²) in [5, 5.41) is 0.633. The van der Waals surface area contributed by atoms with Gasteiger partial charge >= 0.3 is 5.69 Å². The highest BCUT2D eigenvalue weighted by molar-refractivity contribution is 9.10. The highest BCUT2D eigenvalue weighted by Crippen LogP contribution is 2.36. The van der Waals surface area contributed by atoms with Gasteiger partial charge in [0.15, 0.2) is 0 Å². The smallest absolute Gasteiger partial charge is 0.306 e. The second-order valence-electron chi connectivity index (χ2n) is 6.88. The lowest BCUT2D eigenvalue weighted by Crippen LogP contribution is -2.42. The molecule has 136 valence electrons. The molecule has 2 aromatic heterocycles. The first-order chi connectivity index (χ1) is 12.5. The third-order valence-electron chi connectivity index (χ3n) is 5.14. The Labute approximate surface area is 163 Å². The summed E-state index contributed by atoms with van der Waals surface area (Å²) >= 11 is 4.93. The summed E-state index contributed by atoms with van der Waals surface area (Å²) in [6, 6.07) is 7.91. The van der Waals surface area contributed by atoms with E-state index in [-0.39, 0.29) is 17.3 Å². The first-order valence-corrected chi connectivity index (χ1v) is 10.3. The summed E-state index contributed by atoms with van der Waals surface area (Å²) in [6.45, 7) is 3.80. The average Bonchev–Trinajstić information content (AvgIpc) is 2.93. The molecule has 1 saturated heterocycles.